The number of aromatic nitrogens is 1. The Balaban J connectivity index is 1.18. The second kappa shape index (κ2) is 17.0. The van der Waals surface area contributed by atoms with E-state index in [-0.39, 0.29) is 51.3 Å². The van der Waals surface area contributed by atoms with Gasteiger partial charge in [-0.25, -0.2) is 0 Å². The monoisotopic (exact) mass is 988 g/mol. The van der Waals surface area contributed by atoms with Gasteiger partial charge in [0.25, 0.3) is 0 Å². The Labute approximate surface area is 432 Å². The summed E-state index contributed by atoms with van der Waals surface area (Å²) in [4.78, 5) is 2.45. The van der Waals surface area contributed by atoms with E-state index in [9.17, 15) is 13.3 Å². The third kappa shape index (κ3) is 7.11. The Hall–Kier alpha value is -8.64. The third-order valence-electron chi connectivity index (χ3n) is 14.4. The van der Waals surface area contributed by atoms with Crippen LogP contribution in [0.1, 0.15) is 42.9 Å². The van der Waals surface area contributed by atoms with Gasteiger partial charge in [0.15, 0.2) is 0 Å². The van der Waals surface area contributed by atoms with Gasteiger partial charge in [-0.15, -0.1) is 0 Å². The molecule has 1 aromatic heterocycles. The van der Waals surface area contributed by atoms with Crippen molar-refractivity contribution in [3.63, 3.8) is 0 Å². The van der Waals surface area contributed by atoms with E-state index in [1.165, 1.54) is 9.92 Å². The molecular weight excluding hydrogens is 939 g/mol. The zero-order valence-electron chi connectivity index (χ0n) is 43.7. The Morgan fingerprint density at radius 2 is 1.10 bits per heavy atom. The Morgan fingerprint density at radius 1 is 0.500 bits per heavy atom. The SMILES string of the molecule is [2H]c1c([2H])c([2H])c2c(c1[2H])c1cc(C(C)(C)C)ccc1n2-c1cc2c3c(c1)N(c1c(-c4ccccc4)cccc1-c1ccccc1)c1ccc(-c4cccc(C#N)c4)cc1B3c1cc(-c3cccc(C#N)c3)ccc1[Se]2. The summed E-state index contributed by atoms with van der Waals surface area (Å²) in [5.41, 5.74) is 18.6. The van der Waals surface area contributed by atoms with Crippen LogP contribution < -0.4 is 30.2 Å². The van der Waals surface area contributed by atoms with E-state index in [2.05, 4.69) is 188 Å². The van der Waals surface area contributed by atoms with Gasteiger partial charge in [-0.1, -0.05) is 0 Å². The zero-order chi connectivity index (χ0) is 52.1. The summed E-state index contributed by atoms with van der Waals surface area (Å²) in [6, 6.07) is 71.6. The van der Waals surface area contributed by atoms with Crippen LogP contribution in [0.4, 0.5) is 17.1 Å². The van der Waals surface area contributed by atoms with Crippen LogP contribution in [0.2, 0.25) is 0 Å². The molecule has 0 atom stereocenters. The maximum atomic E-state index is 10.1. The summed E-state index contributed by atoms with van der Waals surface area (Å²) in [6.07, 6.45) is 0. The van der Waals surface area contributed by atoms with Crippen molar-refractivity contribution in [2.75, 3.05) is 4.90 Å². The molecule has 4 nitrogen and oxygen atoms in total. The molecule has 2 aliphatic rings. The van der Waals surface area contributed by atoms with E-state index in [0.29, 0.717) is 22.0 Å². The Bertz CT molecular complexity index is 4280. The maximum absolute atomic E-state index is 10.1. The zero-order valence-corrected chi connectivity index (χ0v) is 41.5. The summed E-state index contributed by atoms with van der Waals surface area (Å²) in [6.45, 7) is 6.23. The molecule has 0 unspecified atom stereocenters. The van der Waals surface area contributed by atoms with Gasteiger partial charge < -0.3 is 0 Å². The minimum atomic E-state index is -0.276. The van der Waals surface area contributed by atoms with Gasteiger partial charge in [-0.2, -0.15) is 0 Å². The molecule has 0 fully saturated rings. The molecule has 0 spiro atoms. The molecule has 72 heavy (non-hydrogen) atoms. The van der Waals surface area contributed by atoms with E-state index in [1.54, 1.807) is 0 Å². The van der Waals surface area contributed by atoms with Gasteiger partial charge in [0.1, 0.15) is 0 Å². The fourth-order valence-corrected chi connectivity index (χ4v) is 13.4. The number of benzene rings is 10. The molecule has 3 heterocycles. The van der Waals surface area contributed by atoms with Crippen LogP contribution in [0.25, 0.3) is 72.0 Å². The van der Waals surface area contributed by atoms with Crippen molar-refractivity contribution in [2.45, 2.75) is 26.2 Å². The molecule has 0 N–H and O–H groups in total. The summed E-state index contributed by atoms with van der Waals surface area (Å²) in [5, 5.41) is 21.4. The number of fused-ring (bicyclic) bond motifs is 7. The number of nitrogens with zero attached hydrogens (tertiary/aromatic N) is 4. The molecule has 338 valence electrons. The number of anilines is 3. The molecular formula is C66H45BN4Se. The Morgan fingerprint density at radius 3 is 1.75 bits per heavy atom. The van der Waals surface area contributed by atoms with Crippen LogP contribution >= 0.6 is 0 Å². The quantitative estimate of drug-likeness (QED) is 0.156. The fourth-order valence-electron chi connectivity index (χ4n) is 10.9. The van der Waals surface area contributed by atoms with Gasteiger partial charge in [0.2, 0.25) is 0 Å². The van der Waals surface area contributed by atoms with Crippen LogP contribution in [-0.2, 0) is 5.41 Å². The third-order valence-corrected chi connectivity index (χ3v) is 16.8. The molecule has 0 aliphatic carbocycles. The molecule has 13 rings (SSSR count). The van der Waals surface area contributed by atoms with Crippen LogP contribution in [-0.4, -0.2) is 26.2 Å². The van der Waals surface area contributed by atoms with Crippen molar-refractivity contribution in [2.24, 2.45) is 0 Å². The first-order chi connectivity index (χ1) is 36.9. The first kappa shape index (κ1) is 39.1. The van der Waals surface area contributed by atoms with Gasteiger partial charge in [-0.3, -0.25) is 0 Å². The number of rotatable bonds is 6. The molecule has 6 heteroatoms. The summed E-state index contributed by atoms with van der Waals surface area (Å²) >= 11 is -0.250. The predicted octanol–water partition coefficient (Wildman–Crippen LogP) is 12.8. The number of nitriles is 2. The topological polar surface area (TPSA) is 55.8 Å². The van der Waals surface area contributed by atoms with Gasteiger partial charge >= 0.3 is 435 Å². The van der Waals surface area contributed by atoms with Crippen LogP contribution in [0, 0.1) is 22.7 Å². The second-order valence-electron chi connectivity index (χ2n) is 19.6. The van der Waals surface area contributed by atoms with Crippen molar-refractivity contribution >= 4 is 85.8 Å². The van der Waals surface area contributed by atoms with E-state index < -0.39 is 0 Å². The van der Waals surface area contributed by atoms with E-state index >= 15 is 0 Å². The predicted molar refractivity (Wildman–Crippen MR) is 301 cm³/mol. The van der Waals surface area contributed by atoms with Gasteiger partial charge in [0, 0.05) is 0 Å². The first-order valence-electron chi connectivity index (χ1n) is 26.1. The molecule has 2 aliphatic heterocycles. The number of para-hydroxylation sites is 2. The van der Waals surface area contributed by atoms with Crippen molar-refractivity contribution in [1.82, 2.24) is 4.57 Å². The number of hydrogen-bond acceptors (Lipinski definition) is 3. The molecule has 0 radical (unpaired) electrons. The van der Waals surface area contributed by atoms with Crippen LogP contribution in [0.3, 0.4) is 0 Å². The van der Waals surface area contributed by atoms with Crippen molar-refractivity contribution in [1.29, 1.82) is 10.5 Å². The van der Waals surface area contributed by atoms with E-state index in [0.717, 1.165) is 99.1 Å². The molecule has 0 saturated carbocycles. The second-order valence-corrected chi connectivity index (χ2v) is 21.9. The van der Waals surface area contributed by atoms with Gasteiger partial charge in [-0.05, 0) is 0 Å². The van der Waals surface area contributed by atoms with Gasteiger partial charge in [0.05, 0.1) is 0 Å². The average Bonchev–Trinajstić information content (AvgIpc) is 3.99. The normalized spacial score (nSPS) is 13.3. The minimum absolute atomic E-state index is 0.0598. The molecule has 0 bridgehead atoms. The average molecular weight is 988 g/mol. The van der Waals surface area contributed by atoms with E-state index in [4.69, 9.17) is 2.74 Å². The molecule has 0 saturated heterocycles. The summed E-state index contributed by atoms with van der Waals surface area (Å²) in [7, 11) is 0. The first-order valence-corrected chi connectivity index (χ1v) is 25.9. The van der Waals surface area contributed by atoms with Crippen molar-refractivity contribution < 1.29 is 5.48 Å². The summed E-state index contributed by atoms with van der Waals surface area (Å²) in [5.74, 6) is 0. The standard InChI is InChI=1S/C66H45BN4Se/c1-66(2,3)50-29-31-59-55(37-50)54-23-10-11-26-58(54)70(59)51-38-61-64-63(39-51)72-62-32-28-49(47-22-13-16-43(34-47)41-69)36-57(62)67(64)56-35-48(46-21-12-15-42(33-46)40-68)27-30-60(56)71(61)65-52(44-17-6-4-7-18-44)24-14-25-53(65)45-19-8-5-9-20-45/h4-39H,1-3H3/i10D,11D,23D,26D. The molecule has 11 aromatic rings. The van der Waals surface area contributed by atoms with E-state index in [1.807, 2.05) is 48.5 Å². The van der Waals surface area contributed by atoms with Crippen molar-refractivity contribution in [3.8, 4) is 62.3 Å². The van der Waals surface area contributed by atoms with Crippen LogP contribution in [0.15, 0.2) is 218 Å². The van der Waals surface area contributed by atoms with Crippen molar-refractivity contribution in [3.05, 3.63) is 235 Å². The number of hydrogen-bond donors (Lipinski definition) is 0. The summed E-state index contributed by atoms with van der Waals surface area (Å²) < 4.78 is 41.6. The Kier molecular flexibility index (Phi) is 9.26. The molecule has 0 amide bonds. The fraction of sp³-hybridized carbons (Fsp3) is 0.0606. The van der Waals surface area contributed by atoms with Crippen LogP contribution in [0.5, 0.6) is 0 Å². The molecule has 10 aromatic carbocycles.